The van der Waals surface area contributed by atoms with Crippen LogP contribution in [0.2, 0.25) is 0 Å². The molecule has 11 heavy (non-hydrogen) atoms. The third-order valence-electron chi connectivity index (χ3n) is 0.739. The number of halogens is 3. The Labute approximate surface area is 59.5 Å². The van der Waals surface area contributed by atoms with E-state index in [1.54, 1.807) is 0 Å². The zero-order chi connectivity index (χ0) is 9.07. The minimum absolute atomic E-state index is 1.11. The van der Waals surface area contributed by atoms with E-state index < -0.39 is 24.5 Å². The number of Topliss-reactive ketones (excluding diaryl/α,β-unsaturated/α-hetero) is 1. The number of carbonyl (C=O) groups is 2. The Morgan fingerprint density at radius 2 is 1.82 bits per heavy atom. The van der Waals surface area contributed by atoms with Gasteiger partial charge in [-0.25, -0.2) is 4.79 Å². The SMILES string of the molecule is NC(=O)NCC(=O)C(F)(F)F. The van der Waals surface area contributed by atoms with E-state index in [0.29, 0.717) is 0 Å². The topological polar surface area (TPSA) is 72.2 Å². The van der Waals surface area contributed by atoms with E-state index in [1.165, 1.54) is 5.32 Å². The average Bonchev–Trinajstić information content (AvgIpc) is 1.80. The van der Waals surface area contributed by atoms with E-state index in [4.69, 9.17) is 0 Å². The Kier molecular flexibility index (Phi) is 2.85. The molecule has 0 aromatic carbocycles. The normalized spacial score (nSPS) is 10.8. The van der Waals surface area contributed by atoms with Crippen LogP contribution in [-0.4, -0.2) is 24.5 Å². The van der Waals surface area contributed by atoms with Gasteiger partial charge in [-0.05, 0) is 0 Å². The van der Waals surface area contributed by atoms with Crippen molar-refractivity contribution in [2.24, 2.45) is 5.73 Å². The van der Waals surface area contributed by atoms with Crippen molar-refractivity contribution in [1.29, 1.82) is 0 Å². The zero-order valence-corrected chi connectivity index (χ0v) is 5.23. The van der Waals surface area contributed by atoms with Gasteiger partial charge < -0.3 is 11.1 Å². The number of nitrogens with two attached hydrogens (primary N) is 1. The van der Waals surface area contributed by atoms with Crippen molar-refractivity contribution in [2.45, 2.75) is 6.18 Å². The van der Waals surface area contributed by atoms with Gasteiger partial charge in [-0.1, -0.05) is 0 Å². The first-order valence-electron chi connectivity index (χ1n) is 2.47. The molecule has 0 bridgehead atoms. The maximum absolute atomic E-state index is 11.4. The molecular weight excluding hydrogens is 165 g/mol. The molecule has 64 valence electrons. The Bertz CT molecular complexity index is 177. The summed E-state index contributed by atoms with van der Waals surface area (Å²) in [7, 11) is 0. The number of alkyl halides is 3. The minimum atomic E-state index is -4.91. The van der Waals surface area contributed by atoms with E-state index in [0.717, 1.165) is 0 Å². The van der Waals surface area contributed by atoms with E-state index in [1.807, 2.05) is 0 Å². The van der Waals surface area contributed by atoms with Crippen LogP contribution < -0.4 is 11.1 Å². The van der Waals surface area contributed by atoms with E-state index in [2.05, 4.69) is 5.73 Å². The molecular formula is C4H5F3N2O2. The number of hydrogen-bond acceptors (Lipinski definition) is 2. The Morgan fingerprint density at radius 1 is 1.36 bits per heavy atom. The molecule has 0 aliphatic carbocycles. The predicted molar refractivity (Wildman–Crippen MR) is 28.6 cm³/mol. The van der Waals surface area contributed by atoms with Gasteiger partial charge in [-0.3, -0.25) is 4.79 Å². The molecule has 0 aliphatic rings. The van der Waals surface area contributed by atoms with Gasteiger partial charge in [0.05, 0.1) is 6.54 Å². The summed E-state index contributed by atoms with van der Waals surface area (Å²) in [5.41, 5.74) is 4.41. The highest BCUT2D eigenvalue weighted by Gasteiger charge is 2.37. The van der Waals surface area contributed by atoms with E-state index in [9.17, 15) is 22.8 Å². The van der Waals surface area contributed by atoms with Crippen molar-refractivity contribution in [3.8, 4) is 0 Å². The summed E-state index contributed by atoms with van der Waals surface area (Å²) in [5.74, 6) is -2.03. The molecule has 0 saturated carbocycles. The highest BCUT2D eigenvalue weighted by atomic mass is 19.4. The van der Waals surface area contributed by atoms with Gasteiger partial charge in [-0.2, -0.15) is 13.2 Å². The van der Waals surface area contributed by atoms with Crippen molar-refractivity contribution in [3.63, 3.8) is 0 Å². The number of nitrogens with one attached hydrogen (secondary N) is 1. The fourth-order valence-corrected chi connectivity index (χ4v) is 0.268. The Balaban J connectivity index is 3.80. The molecule has 2 amide bonds. The minimum Gasteiger partial charge on any atom is -0.352 e. The average molecular weight is 170 g/mol. The summed E-state index contributed by atoms with van der Waals surface area (Å²) in [6, 6.07) is -1.16. The number of carbonyl (C=O) groups excluding carboxylic acids is 2. The van der Waals surface area contributed by atoms with Crippen LogP contribution in [0, 0.1) is 0 Å². The van der Waals surface area contributed by atoms with Crippen molar-refractivity contribution in [3.05, 3.63) is 0 Å². The van der Waals surface area contributed by atoms with Gasteiger partial charge in [0, 0.05) is 0 Å². The number of urea groups is 1. The Hall–Kier alpha value is -1.27. The van der Waals surface area contributed by atoms with Gasteiger partial charge in [0.2, 0.25) is 0 Å². The zero-order valence-electron chi connectivity index (χ0n) is 5.23. The van der Waals surface area contributed by atoms with Crippen LogP contribution in [0.3, 0.4) is 0 Å². The standard InChI is InChI=1S/C4H5F3N2O2/c5-4(6,7)2(10)1-9-3(8)11/h1H2,(H3,8,9,11). The summed E-state index contributed by atoms with van der Waals surface area (Å²) in [6.07, 6.45) is -4.91. The van der Waals surface area contributed by atoms with Crippen LogP contribution in [0.4, 0.5) is 18.0 Å². The van der Waals surface area contributed by atoms with Crippen molar-refractivity contribution >= 4 is 11.8 Å². The summed E-state index contributed by atoms with van der Waals surface area (Å²) >= 11 is 0. The lowest BCUT2D eigenvalue weighted by molar-refractivity contribution is -0.169. The van der Waals surface area contributed by atoms with Gasteiger partial charge in [0.25, 0.3) is 5.78 Å². The monoisotopic (exact) mass is 170 g/mol. The van der Waals surface area contributed by atoms with Gasteiger partial charge in [0.1, 0.15) is 0 Å². The summed E-state index contributed by atoms with van der Waals surface area (Å²) in [6.45, 7) is -1.11. The molecule has 4 nitrogen and oxygen atoms in total. The lowest BCUT2D eigenvalue weighted by atomic mass is 10.4. The number of ketones is 1. The van der Waals surface area contributed by atoms with Crippen molar-refractivity contribution in [2.75, 3.05) is 6.54 Å². The number of rotatable bonds is 2. The fourth-order valence-electron chi connectivity index (χ4n) is 0.268. The first kappa shape index (κ1) is 9.73. The lowest BCUT2D eigenvalue weighted by Crippen LogP contribution is -2.39. The maximum atomic E-state index is 11.4. The summed E-state index contributed by atoms with van der Waals surface area (Å²) in [4.78, 5) is 19.8. The van der Waals surface area contributed by atoms with Crippen molar-refractivity contribution < 1.29 is 22.8 Å². The molecule has 0 spiro atoms. The van der Waals surface area contributed by atoms with Crippen LogP contribution in [-0.2, 0) is 4.79 Å². The molecule has 0 aromatic heterocycles. The van der Waals surface area contributed by atoms with Crippen LogP contribution >= 0.6 is 0 Å². The maximum Gasteiger partial charge on any atom is 0.451 e. The van der Waals surface area contributed by atoms with Crippen LogP contribution in [0.15, 0.2) is 0 Å². The molecule has 0 atom stereocenters. The molecule has 7 heteroatoms. The number of hydrogen-bond donors (Lipinski definition) is 2. The molecule has 0 rings (SSSR count). The van der Waals surface area contributed by atoms with E-state index >= 15 is 0 Å². The quantitative estimate of drug-likeness (QED) is 0.601. The fraction of sp³-hybridized carbons (Fsp3) is 0.500. The van der Waals surface area contributed by atoms with Gasteiger partial charge >= 0.3 is 12.2 Å². The molecule has 0 saturated heterocycles. The Morgan fingerprint density at radius 3 is 2.09 bits per heavy atom. The number of amides is 2. The highest BCUT2D eigenvalue weighted by Crippen LogP contribution is 2.14. The number of primary amides is 1. The molecule has 0 aliphatic heterocycles. The molecule has 0 radical (unpaired) electrons. The van der Waals surface area contributed by atoms with Gasteiger partial charge in [0.15, 0.2) is 0 Å². The van der Waals surface area contributed by atoms with Crippen LogP contribution in [0.25, 0.3) is 0 Å². The second kappa shape index (κ2) is 3.22. The van der Waals surface area contributed by atoms with Gasteiger partial charge in [-0.15, -0.1) is 0 Å². The molecule has 0 aromatic rings. The van der Waals surface area contributed by atoms with Crippen LogP contribution in [0.5, 0.6) is 0 Å². The van der Waals surface area contributed by atoms with Crippen molar-refractivity contribution in [1.82, 2.24) is 5.32 Å². The first-order valence-corrected chi connectivity index (χ1v) is 2.47. The van der Waals surface area contributed by atoms with E-state index in [-0.39, 0.29) is 0 Å². The smallest absolute Gasteiger partial charge is 0.352 e. The molecule has 0 fully saturated rings. The second-order valence-electron chi connectivity index (χ2n) is 1.64. The molecule has 0 heterocycles. The molecule has 0 unspecified atom stereocenters. The molecule has 3 N–H and O–H groups in total. The predicted octanol–water partition coefficient (Wildman–Crippen LogP) is -0.214. The van der Waals surface area contributed by atoms with Crippen LogP contribution in [0.1, 0.15) is 0 Å². The largest absolute Gasteiger partial charge is 0.451 e. The second-order valence-corrected chi connectivity index (χ2v) is 1.64. The lowest BCUT2D eigenvalue weighted by Gasteiger charge is -2.03. The highest BCUT2D eigenvalue weighted by molar-refractivity contribution is 5.88. The summed E-state index contributed by atoms with van der Waals surface area (Å²) < 4.78 is 34.1. The third kappa shape index (κ3) is 4.18. The third-order valence-corrected chi connectivity index (χ3v) is 0.739. The first-order chi connectivity index (χ1) is 4.84. The summed E-state index contributed by atoms with van der Waals surface area (Å²) in [5, 5.41) is 1.52.